The van der Waals surface area contributed by atoms with Crippen molar-refractivity contribution in [2.75, 3.05) is 0 Å². The first kappa shape index (κ1) is 34.9. The van der Waals surface area contributed by atoms with Gasteiger partial charge in [-0.15, -0.1) is 34.9 Å². The molecule has 1 aliphatic carbocycles. The van der Waals surface area contributed by atoms with Crippen molar-refractivity contribution in [2.24, 2.45) is 16.7 Å². The molecule has 0 amide bonds. The summed E-state index contributed by atoms with van der Waals surface area (Å²) in [5.74, 6) is 1.57. The first-order valence-electron chi connectivity index (χ1n) is 15.0. The van der Waals surface area contributed by atoms with Gasteiger partial charge in [0.1, 0.15) is 5.76 Å². The van der Waals surface area contributed by atoms with E-state index >= 15 is 0 Å². The molecule has 1 N–H and O–H groups in total. The number of carbonyl (C=O) groups is 1. The van der Waals surface area contributed by atoms with Gasteiger partial charge >= 0.3 is 0 Å². The SMILES string of the molecule is CC(C)(C)C(=O)/C=C(\O)C(C)(C)C.Cc1[c-]c(-c2nccc3cc(C(C)C4CCCCCC4)ccc23)cc(C)c1.[Ir]. The average Bonchev–Trinajstić information content (AvgIpc) is 3.16. The first-order chi connectivity index (χ1) is 18.7. The molecule has 0 spiro atoms. The van der Waals surface area contributed by atoms with Crippen LogP contribution >= 0.6 is 0 Å². The van der Waals surface area contributed by atoms with Gasteiger partial charge in [-0.05, 0) is 52.8 Å². The van der Waals surface area contributed by atoms with E-state index in [1.165, 1.54) is 72.1 Å². The maximum Gasteiger partial charge on any atom is 0.164 e. The van der Waals surface area contributed by atoms with Crippen LogP contribution in [0.5, 0.6) is 0 Å². The molecule has 225 valence electrons. The molecule has 3 nitrogen and oxygen atoms in total. The Morgan fingerprint density at radius 1 is 0.951 bits per heavy atom. The van der Waals surface area contributed by atoms with E-state index in [9.17, 15) is 9.90 Å². The molecule has 1 saturated carbocycles. The second-order valence-corrected chi connectivity index (χ2v) is 13.8. The summed E-state index contributed by atoms with van der Waals surface area (Å²) in [7, 11) is 0. The molecule has 1 radical (unpaired) electrons. The van der Waals surface area contributed by atoms with Gasteiger partial charge in [-0.3, -0.25) is 4.79 Å². The third-order valence-electron chi connectivity index (χ3n) is 8.10. The number of aromatic nitrogens is 1. The van der Waals surface area contributed by atoms with E-state index in [1.807, 2.05) is 47.7 Å². The number of fused-ring (bicyclic) bond motifs is 1. The summed E-state index contributed by atoms with van der Waals surface area (Å²) in [6.45, 7) is 17.8. The number of rotatable bonds is 4. The number of hydrogen-bond acceptors (Lipinski definition) is 3. The second kappa shape index (κ2) is 14.7. The fraction of sp³-hybridized carbons (Fsp3) is 0.514. The van der Waals surface area contributed by atoms with Gasteiger partial charge in [0, 0.05) is 43.2 Å². The quantitative estimate of drug-likeness (QED) is 0.126. The van der Waals surface area contributed by atoms with Crippen molar-refractivity contribution in [1.29, 1.82) is 0 Å². The van der Waals surface area contributed by atoms with Gasteiger partial charge in [-0.25, -0.2) is 0 Å². The molecule has 1 aromatic heterocycles. The van der Waals surface area contributed by atoms with Gasteiger partial charge in [0.15, 0.2) is 5.78 Å². The van der Waals surface area contributed by atoms with Crippen molar-refractivity contribution in [2.45, 2.75) is 107 Å². The van der Waals surface area contributed by atoms with Gasteiger partial charge in [-0.1, -0.05) is 106 Å². The van der Waals surface area contributed by atoms with Crippen LogP contribution in [0.4, 0.5) is 0 Å². The summed E-state index contributed by atoms with van der Waals surface area (Å²) in [5, 5.41) is 12.1. The van der Waals surface area contributed by atoms with Gasteiger partial charge in [0.25, 0.3) is 0 Å². The molecule has 2 aromatic carbocycles. The van der Waals surface area contributed by atoms with E-state index in [2.05, 4.69) is 63.2 Å². The third-order valence-corrected chi connectivity index (χ3v) is 8.10. The van der Waals surface area contributed by atoms with Crippen molar-refractivity contribution >= 4 is 16.6 Å². The van der Waals surface area contributed by atoms with Gasteiger partial charge in [-0.2, -0.15) is 0 Å². The molecule has 41 heavy (non-hydrogen) atoms. The molecule has 1 heterocycles. The number of aliphatic hydroxyl groups excluding tert-OH is 1. The maximum absolute atomic E-state index is 11.5. The van der Waals surface area contributed by atoms with E-state index in [4.69, 9.17) is 4.98 Å². The van der Waals surface area contributed by atoms with Crippen molar-refractivity contribution < 1.29 is 30.0 Å². The van der Waals surface area contributed by atoms with Crippen LogP contribution in [-0.4, -0.2) is 15.9 Å². The summed E-state index contributed by atoms with van der Waals surface area (Å²) in [6.07, 6.45) is 11.7. The van der Waals surface area contributed by atoms with Gasteiger partial charge < -0.3 is 10.1 Å². The normalized spacial score (nSPS) is 15.8. The number of aryl methyl sites for hydroxylation is 2. The number of hydrogen-bond donors (Lipinski definition) is 1. The second-order valence-electron chi connectivity index (χ2n) is 13.8. The van der Waals surface area contributed by atoms with Crippen LogP contribution in [0.25, 0.3) is 22.0 Å². The minimum atomic E-state index is -0.417. The predicted molar refractivity (Wildman–Crippen MR) is 170 cm³/mol. The number of allylic oxidation sites excluding steroid dienone is 2. The van der Waals surface area contributed by atoms with E-state index < -0.39 is 5.41 Å². The molecule has 0 aliphatic heterocycles. The number of pyridine rings is 1. The Balaban J connectivity index is 0.000000360. The Hall–Kier alpha value is -2.29. The summed E-state index contributed by atoms with van der Waals surface area (Å²) in [4.78, 5) is 16.2. The van der Waals surface area contributed by atoms with Gasteiger partial charge in [0.05, 0.1) is 0 Å². The molecule has 1 fully saturated rings. The molecule has 0 saturated heterocycles. The van der Waals surface area contributed by atoms with Crippen LogP contribution in [0.1, 0.15) is 110 Å². The molecule has 1 unspecified atom stereocenters. The van der Waals surface area contributed by atoms with E-state index in [1.54, 1.807) is 0 Å². The minimum Gasteiger partial charge on any atom is -0.512 e. The summed E-state index contributed by atoms with van der Waals surface area (Å²) < 4.78 is 0. The zero-order chi connectivity index (χ0) is 29.7. The molecule has 4 heteroatoms. The average molecular weight is 733 g/mol. The Labute approximate surface area is 262 Å². The molecule has 1 atom stereocenters. The van der Waals surface area contributed by atoms with Crippen molar-refractivity contribution in [1.82, 2.24) is 4.98 Å². The van der Waals surface area contributed by atoms with Crippen molar-refractivity contribution in [3.05, 3.63) is 77.2 Å². The van der Waals surface area contributed by atoms with Crippen LogP contribution in [0, 0.1) is 36.7 Å². The Kier molecular flexibility index (Phi) is 12.6. The molecular weight excluding hydrogens is 683 g/mol. The number of benzene rings is 2. The fourth-order valence-electron chi connectivity index (χ4n) is 5.36. The van der Waals surface area contributed by atoms with Gasteiger partial charge in [0.2, 0.25) is 0 Å². The summed E-state index contributed by atoms with van der Waals surface area (Å²) >= 11 is 0. The Morgan fingerprint density at radius 2 is 1.59 bits per heavy atom. The summed E-state index contributed by atoms with van der Waals surface area (Å²) in [6, 6.07) is 17.0. The smallest absolute Gasteiger partial charge is 0.164 e. The third kappa shape index (κ3) is 9.90. The summed E-state index contributed by atoms with van der Waals surface area (Å²) in [5.41, 5.74) is 5.30. The molecule has 3 aromatic rings. The number of carbonyl (C=O) groups excluding carboxylic acids is 1. The Morgan fingerprint density at radius 3 is 2.15 bits per heavy atom. The standard InChI is InChI=1S/C26H30N.C11H20O2.Ir/c1-18-14-19(2)16-24(15-18)26-25-11-10-22(17-23(25)12-13-27-26)20(3)21-8-6-4-5-7-9-21;1-10(2,3)8(12)7-9(13)11(4,5)6;/h10-15,17,20-21H,4-9H2,1-3H3;7,12H,1-6H3;/q-1;;/b;8-7-;. The molecule has 1 aliphatic rings. The van der Waals surface area contributed by atoms with Crippen LogP contribution in [0.3, 0.4) is 0 Å². The molecule has 0 bridgehead atoms. The van der Waals surface area contributed by atoms with Crippen molar-refractivity contribution in [3.63, 3.8) is 0 Å². The van der Waals surface area contributed by atoms with Crippen molar-refractivity contribution in [3.8, 4) is 11.3 Å². The van der Waals surface area contributed by atoms with Crippen LogP contribution < -0.4 is 0 Å². The monoisotopic (exact) mass is 733 g/mol. The Bertz CT molecular complexity index is 1320. The van der Waals surface area contributed by atoms with E-state index in [0.717, 1.165) is 17.2 Å². The van der Waals surface area contributed by atoms with E-state index in [-0.39, 0.29) is 37.1 Å². The number of ketones is 1. The fourth-order valence-corrected chi connectivity index (χ4v) is 5.36. The minimum absolute atomic E-state index is 0. The number of aliphatic hydroxyl groups is 1. The zero-order valence-electron chi connectivity index (χ0n) is 26.7. The van der Waals surface area contributed by atoms with E-state index in [0.29, 0.717) is 5.92 Å². The topological polar surface area (TPSA) is 50.2 Å². The predicted octanol–water partition coefficient (Wildman–Crippen LogP) is 10.5. The zero-order valence-corrected chi connectivity index (χ0v) is 29.0. The molecular formula is C37H50IrNO2-. The van der Waals surface area contributed by atoms with Crippen LogP contribution in [0.15, 0.2) is 54.4 Å². The van der Waals surface area contributed by atoms with Crippen LogP contribution in [-0.2, 0) is 24.9 Å². The number of nitrogens with zero attached hydrogens (tertiary/aromatic N) is 1. The maximum atomic E-state index is 11.5. The van der Waals surface area contributed by atoms with Crippen LogP contribution in [0.2, 0.25) is 0 Å². The molecule has 4 rings (SSSR count). The largest absolute Gasteiger partial charge is 0.512 e. The first-order valence-corrected chi connectivity index (χ1v) is 15.0.